The first-order chi connectivity index (χ1) is 7.68. The van der Waals surface area contributed by atoms with Crippen molar-refractivity contribution >= 4 is 11.8 Å². The number of rotatable bonds is 3. The summed E-state index contributed by atoms with van der Waals surface area (Å²) in [7, 11) is 0. The van der Waals surface area contributed by atoms with Crippen molar-refractivity contribution < 1.29 is 14.7 Å². The Balaban J connectivity index is 2.11. The van der Waals surface area contributed by atoms with Gasteiger partial charge in [-0.15, -0.1) is 0 Å². The largest absolute Gasteiger partial charge is 0.480 e. The van der Waals surface area contributed by atoms with Crippen LogP contribution in [0.3, 0.4) is 0 Å². The van der Waals surface area contributed by atoms with Crippen molar-refractivity contribution in [3.8, 4) is 0 Å². The number of aliphatic carboxylic acids is 1. The lowest BCUT2D eigenvalue weighted by Crippen LogP contribution is -2.33. The lowest BCUT2D eigenvalue weighted by atomic mass is 10.1. The van der Waals surface area contributed by atoms with Gasteiger partial charge in [-0.2, -0.15) is 0 Å². The third-order valence-electron chi connectivity index (χ3n) is 2.47. The maximum atomic E-state index is 11.9. The van der Waals surface area contributed by atoms with Crippen molar-refractivity contribution in [3.05, 3.63) is 47.7 Å². The van der Waals surface area contributed by atoms with Gasteiger partial charge in [0.2, 0.25) is 5.78 Å². The van der Waals surface area contributed by atoms with Gasteiger partial charge in [0.15, 0.2) is 0 Å². The maximum absolute atomic E-state index is 11.9. The van der Waals surface area contributed by atoms with E-state index in [1.165, 1.54) is 0 Å². The van der Waals surface area contributed by atoms with E-state index < -0.39 is 12.0 Å². The van der Waals surface area contributed by atoms with Gasteiger partial charge in [0, 0.05) is 5.56 Å². The summed E-state index contributed by atoms with van der Waals surface area (Å²) in [5, 5.41) is 11.5. The van der Waals surface area contributed by atoms with Gasteiger partial charge in [0.05, 0.1) is 5.70 Å². The summed E-state index contributed by atoms with van der Waals surface area (Å²) >= 11 is 0. The van der Waals surface area contributed by atoms with Gasteiger partial charge in [-0.05, 0) is 6.42 Å². The van der Waals surface area contributed by atoms with Crippen LogP contribution in [0.15, 0.2) is 42.1 Å². The second-order valence-corrected chi connectivity index (χ2v) is 3.58. The molecule has 0 bridgehead atoms. The van der Waals surface area contributed by atoms with Crippen molar-refractivity contribution in [2.45, 2.75) is 12.5 Å². The fraction of sp³-hybridized carbons (Fsp3) is 0.167. The van der Waals surface area contributed by atoms with Crippen LogP contribution in [-0.2, 0) is 4.79 Å². The van der Waals surface area contributed by atoms with E-state index in [4.69, 9.17) is 5.11 Å². The lowest BCUT2D eigenvalue weighted by Gasteiger charge is -2.08. The molecule has 1 aliphatic rings. The fourth-order valence-corrected chi connectivity index (χ4v) is 1.61. The smallest absolute Gasteiger partial charge is 0.326 e. The molecule has 1 heterocycles. The Morgan fingerprint density at radius 2 is 1.94 bits per heavy atom. The van der Waals surface area contributed by atoms with Gasteiger partial charge in [0.1, 0.15) is 6.04 Å². The van der Waals surface area contributed by atoms with Crippen LogP contribution in [0.5, 0.6) is 0 Å². The highest BCUT2D eigenvalue weighted by molar-refractivity contribution is 6.09. The van der Waals surface area contributed by atoms with Gasteiger partial charge in [-0.25, -0.2) is 4.79 Å². The fourth-order valence-electron chi connectivity index (χ4n) is 1.61. The predicted molar refractivity (Wildman–Crippen MR) is 58.0 cm³/mol. The van der Waals surface area contributed by atoms with E-state index in [9.17, 15) is 9.59 Å². The van der Waals surface area contributed by atoms with E-state index in [0.717, 1.165) is 0 Å². The van der Waals surface area contributed by atoms with Gasteiger partial charge in [-0.1, -0.05) is 36.4 Å². The number of allylic oxidation sites excluding steroid dienone is 1. The van der Waals surface area contributed by atoms with Crippen LogP contribution in [-0.4, -0.2) is 22.9 Å². The topological polar surface area (TPSA) is 66.4 Å². The maximum Gasteiger partial charge on any atom is 0.326 e. The number of benzene rings is 1. The molecule has 16 heavy (non-hydrogen) atoms. The first-order valence-corrected chi connectivity index (χ1v) is 4.98. The predicted octanol–water partition coefficient (Wildman–Crippen LogP) is 1.20. The lowest BCUT2D eigenvalue weighted by molar-refractivity contribution is -0.138. The quantitative estimate of drug-likeness (QED) is 0.746. The number of carbonyl (C=O) groups is 2. The van der Waals surface area contributed by atoms with E-state index in [1.54, 1.807) is 30.3 Å². The van der Waals surface area contributed by atoms with E-state index in [0.29, 0.717) is 17.7 Å². The number of carboxylic acids is 1. The second-order valence-electron chi connectivity index (χ2n) is 3.58. The minimum Gasteiger partial charge on any atom is -0.480 e. The minimum atomic E-state index is -0.938. The molecule has 4 heteroatoms. The zero-order chi connectivity index (χ0) is 11.5. The summed E-state index contributed by atoms with van der Waals surface area (Å²) in [6.45, 7) is 0. The third-order valence-corrected chi connectivity index (χ3v) is 2.47. The highest BCUT2D eigenvalue weighted by Gasteiger charge is 2.26. The minimum absolute atomic E-state index is 0.163. The van der Waals surface area contributed by atoms with Gasteiger partial charge in [0.25, 0.3) is 0 Å². The summed E-state index contributed by atoms with van der Waals surface area (Å²) < 4.78 is 0. The molecule has 4 nitrogen and oxygen atoms in total. The molecule has 1 atom stereocenters. The first kappa shape index (κ1) is 10.4. The molecule has 2 N–H and O–H groups in total. The first-order valence-electron chi connectivity index (χ1n) is 4.98. The third kappa shape index (κ3) is 1.95. The number of hydrogen-bond acceptors (Lipinski definition) is 3. The van der Waals surface area contributed by atoms with Crippen LogP contribution in [0.1, 0.15) is 16.8 Å². The Morgan fingerprint density at radius 3 is 2.50 bits per heavy atom. The summed E-state index contributed by atoms with van der Waals surface area (Å²) in [5.41, 5.74) is 0.936. The zero-order valence-corrected chi connectivity index (χ0v) is 8.51. The van der Waals surface area contributed by atoms with Crippen molar-refractivity contribution in [2.24, 2.45) is 0 Å². The highest BCUT2D eigenvalue weighted by Crippen LogP contribution is 2.14. The number of hydrogen-bond donors (Lipinski definition) is 2. The van der Waals surface area contributed by atoms with Crippen LogP contribution in [0.25, 0.3) is 0 Å². The molecule has 82 valence electrons. The van der Waals surface area contributed by atoms with E-state index >= 15 is 0 Å². The van der Waals surface area contributed by atoms with Gasteiger partial charge >= 0.3 is 5.97 Å². The molecule has 1 aliphatic heterocycles. The molecule has 0 fully saturated rings. The normalized spacial score (nSPS) is 18.8. The number of carbonyl (C=O) groups excluding carboxylic acids is 1. The SMILES string of the molecule is O=C(C1=CCC(C(=O)O)N1)c1ccccc1. The zero-order valence-electron chi connectivity index (χ0n) is 8.51. The molecule has 0 saturated heterocycles. The Bertz CT molecular complexity index is 451. The Hall–Kier alpha value is -2.10. The Kier molecular flexibility index (Phi) is 2.72. The van der Waals surface area contributed by atoms with E-state index in [2.05, 4.69) is 5.32 Å². The summed E-state index contributed by atoms with van der Waals surface area (Å²) in [4.78, 5) is 22.6. The van der Waals surface area contributed by atoms with E-state index in [-0.39, 0.29) is 5.78 Å². The van der Waals surface area contributed by atoms with Gasteiger partial charge < -0.3 is 10.4 Å². The van der Waals surface area contributed by atoms with Crippen LogP contribution in [0, 0.1) is 0 Å². The molecule has 0 aromatic heterocycles. The highest BCUT2D eigenvalue weighted by atomic mass is 16.4. The number of nitrogens with one attached hydrogen (secondary N) is 1. The van der Waals surface area contributed by atoms with Gasteiger partial charge in [-0.3, -0.25) is 4.79 Å². The second kappa shape index (κ2) is 4.18. The van der Waals surface area contributed by atoms with Crippen LogP contribution < -0.4 is 5.32 Å². The molecule has 0 spiro atoms. The molecule has 1 unspecified atom stereocenters. The summed E-state index contributed by atoms with van der Waals surface area (Å²) in [6.07, 6.45) is 1.98. The Morgan fingerprint density at radius 1 is 1.25 bits per heavy atom. The monoisotopic (exact) mass is 217 g/mol. The number of carboxylic acid groups (broad SMARTS) is 1. The van der Waals surface area contributed by atoms with Crippen LogP contribution in [0.2, 0.25) is 0 Å². The van der Waals surface area contributed by atoms with Crippen LogP contribution >= 0.6 is 0 Å². The molecule has 1 aromatic carbocycles. The van der Waals surface area contributed by atoms with Crippen molar-refractivity contribution in [1.29, 1.82) is 0 Å². The van der Waals surface area contributed by atoms with E-state index in [1.807, 2.05) is 6.07 Å². The molecular weight excluding hydrogens is 206 g/mol. The molecular formula is C12H11NO3. The standard InChI is InChI=1S/C12H11NO3/c14-11(8-4-2-1-3-5-8)9-6-7-10(13-9)12(15)16/h1-6,10,13H,7H2,(H,15,16). The van der Waals surface area contributed by atoms with Crippen molar-refractivity contribution in [3.63, 3.8) is 0 Å². The Labute approximate surface area is 92.6 Å². The molecule has 0 aliphatic carbocycles. The van der Waals surface area contributed by atoms with Crippen molar-refractivity contribution in [2.75, 3.05) is 0 Å². The average Bonchev–Trinajstić information content (AvgIpc) is 2.78. The summed E-state index contributed by atoms with van der Waals surface area (Å²) in [6, 6.07) is 8.11. The van der Waals surface area contributed by atoms with Crippen molar-refractivity contribution in [1.82, 2.24) is 5.32 Å². The molecule has 1 aromatic rings. The average molecular weight is 217 g/mol. The number of ketones is 1. The summed E-state index contributed by atoms with van der Waals surface area (Å²) in [5.74, 6) is -1.10. The molecule has 2 rings (SSSR count). The number of Topliss-reactive ketones (excluding diaryl/α,β-unsaturated/α-hetero) is 1. The molecule has 0 radical (unpaired) electrons. The molecule has 0 saturated carbocycles. The van der Waals surface area contributed by atoms with Crippen LogP contribution in [0.4, 0.5) is 0 Å². The molecule has 0 amide bonds.